The molecule has 0 unspecified atom stereocenters. The van der Waals surface area contributed by atoms with Gasteiger partial charge < -0.3 is 33.0 Å². The van der Waals surface area contributed by atoms with E-state index in [4.69, 9.17) is 20.8 Å². The predicted octanol–water partition coefficient (Wildman–Crippen LogP) is 17.5. The summed E-state index contributed by atoms with van der Waals surface area (Å²) < 4.78 is 117. The quantitative estimate of drug-likeness (QED) is 0.0673. The van der Waals surface area contributed by atoms with Crippen LogP contribution >= 0.6 is 0 Å². The number of ether oxygens (including phenoxy) is 3. The van der Waals surface area contributed by atoms with Crippen LogP contribution in [0.25, 0.3) is 121 Å². The van der Waals surface area contributed by atoms with E-state index in [1.807, 2.05) is 45.0 Å². The van der Waals surface area contributed by atoms with Gasteiger partial charge in [0.1, 0.15) is 17.5 Å². The van der Waals surface area contributed by atoms with E-state index in [-0.39, 0.29) is 56.4 Å². The summed E-state index contributed by atoms with van der Waals surface area (Å²) in [6, 6.07) is 47.1. The number of hydrogen-bond donors (Lipinski definition) is 5. The fourth-order valence-corrected chi connectivity index (χ4v) is 17.3. The molecule has 0 aliphatic carbocycles. The van der Waals surface area contributed by atoms with Gasteiger partial charge in [0.2, 0.25) is 10.0 Å². The van der Waals surface area contributed by atoms with Gasteiger partial charge >= 0.3 is 5.97 Å². The third-order valence-corrected chi connectivity index (χ3v) is 23.9. The topological polar surface area (TPSA) is 263 Å². The van der Waals surface area contributed by atoms with Crippen LogP contribution < -0.4 is 4.72 Å². The number of sulfonamides is 1. The molecule has 7 aromatic heterocycles. The molecule has 8 aromatic carbocycles. The Bertz CT molecular complexity index is 6360. The molecule has 5 N–H and O–H groups in total. The van der Waals surface area contributed by atoms with Gasteiger partial charge in [0, 0.05) is 181 Å². The molecule has 3 fully saturated rings. The number of aromatic amines is 3. The normalized spacial score (nSPS) is 14.9. The zero-order valence-electron chi connectivity index (χ0n) is 60.6. The van der Waals surface area contributed by atoms with Gasteiger partial charge in [-0.2, -0.15) is 15.3 Å². The van der Waals surface area contributed by atoms with Gasteiger partial charge in [-0.25, -0.2) is 49.4 Å². The smallest absolute Gasteiger partial charge is 0.334 e. The summed E-state index contributed by atoms with van der Waals surface area (Å²) in [5.74, 6) is -1.47. The van der Waals surface area contributed by atoms with Crippen LogP contribution in [0.15, 0.2) is 180 Å². The number of benzene rings is 8. The number of rotatable bonds is 13. The second kappa shape index (κ2) is 29.4. The molecule has 0 atom stereocenters. The third-order valence-electron chi connectivity index (χ3n) is 21.4. The van der Waals surface area contributed by atoms with Crippen LogP contribution in [0, 0.1) is 44.8 Å². The number of carboxylic acids is 1. The molecule has 18 rings (SSSR count). The summed E-state index contributed by atoms with van der Waals surface area (Å²) in [5, 5.41) is 38.1. The Morgan fingerprint density at radius 2 is 0.873 bits per heavy atom. The first-order chi connectivity index (χ1) is 53.1. The number of H-pyrrole nitrogens is 3. The second-order valence-electron chi connectivity index (χ2n) is 28.1. The molecular weight excluding hydrogens is 1440 g/mol. The van der Waals surface area contributed by atoms with Crippen LogP contribution in [0.1, 0.15) is 101 Å². The summed E-state index contributed by atoms with van der Waals surface area (Å²) >= 11 is 0. The Morgan fingerprint density at radius 3 is 1.23 bits per heavy atom. The highest BCUT2D eigenvalue weighted by Gasteiger charge is 2.34. The van der Waals surface area contributed by atoms with Crippen molar-refractivity contribution < 1.29 is 54.1 Å². The highest BCUT2D eigenvalue weighted by molar-refractivity contribution is 7.90. The number of aromatic carboxylic acids is 1. The summed E-state index contributed by atoms with van der Waals surface area (Å²) in [5.41, 5.74) is 19.6. The average molecular weight is 1520 g/mol. The fourth-order valence-electron chi connectivity index (χ4n) is 16.0. The van der Waals surface area contributed by atoms with Crippen molar-refractivity contribution >= 4 is 96.9 Å². The SMILES string of the molecule is CNS(=O)(=O)c1ccc(-c2c(C3CCOCC3)n(-c3ccc(F)cc3)c3cc4c(C)[nH]nc4cc23)cc1.Cc1[nH]nc2cc3c(-c4ccc(S(C)(=O)=O)nc4)c(C4CCOCC4)n(-c4ccc(F)cc4)c3cc12.[C-]#[N+]c1cc(C(=O)O)ccc1-c1c(C2CCOCC2)n(-c2ccc(F)cc2)c2cc3c(C)[nH]nc3cc12. The standard InChI is InChI=1S/C29H23FN4O3.C28H27FN4O3S.C27H25FN4O3S/c1-16-22-15-26-23(14-25(22)33-32-16)27(21-8-3-18(29(35)36)13-24(21)31-2)28(17-9-11-37-12-10-17)34(26)20-6-4-19(30)5-7-20;1-17-23-16-26-24(15-25(23)32-31-17)27(18-3-9-22(10-4-18)37(34,35)30-2)28(19-11-13-36-14-12-19)33(26)21-7-5-20(29)6-8-21;1-16-21-14-24-22(13-23(21)31-30-16)26(18-3-8-25(29-15-18)36(2,33)34)27(17-9-11-35-12-10-17)32(24)20-6-4-19(28)5-7-20/h3-8,13-15,17H,9-12H2,1H3,(H,32,33)(H,35,36);3-10,15-16,19,30H,11-14H2,1-2H3,(H,31,32);3-8,13-15,17H,9-12H2,1-2H3,(H,30,31). The molecular formula is C84H75F3N12O9S2. The Labute approximate surface area is 630 Å². The molecule has 26 heteroatoms. The fraction of sp³-hybridized carbons (Fsp3) is 0.238. The van der Waals surface area contributed by atoms with Gasteiger partial charge in [-0.15, -0.1) is 0 Å². The number of nitrogens with zero attached hydrogens (tertiary/aromatic N) is 8. The summed E-state index contributed by atoms with van der Waals surface area (Å²) in [6.45, 7) is 17.7. The second-order valence-corrected chi connectivity index (χ2v) is 32.0. The summed E-state index contributed by atoms with van der Waals surface area (Å²) in [4.78, 5) is 19.9. The number of fused-ring (bicyclic) bond motifs is 6. The van der Waals surface area contributed by atoms with Crippen LogP contribution in [0.5, 0.6) is 0 Å². The lowest BCUT2D eigenvalue weighted by molar-refractivity contribution is 0.0696. The maximum atomic E-state index is 13.9. The van der Waals surface area contributed by atoms with Gasteiger partial charge in [-0.1, -0.05) is 18.2 Å². The molecule has 110 heavy (non-hydrogen) atoms. The van der Waals surface area contributed by atoms with Crippen molar-refractivity contribution in [2.24, 2.45) is 0 Å². The molecule has 558 valence electrons. The molecule has 21 nitrogen and oxygen atoms in total. The molecule has 15 aromatic rings. The molecule has 0 bridgehead atoms. The van der Waals surface area contributed by atoms with Crippen molar-refractivity contribution in [1.29, 1.82) is 0 Å². The molecule has 0 saturated carbocycles. The van der Waals surface area contributed by atoms with Gasteiger partial charge in [0.25, 0.3) is 0 Å². The van der Waals surface area contributed by atoms with Gasteiger partial charge in [-0.3, -0.25) is 15.3 Å². The first-order valence-electron chi connectivity index (χ1n) is 36.2. The maximum Gasteiger partial charge on any atom is 0.334 e. The van der Waals surface area contributed by atoms with Gasteiger partial charge in [0.15, 0.2) is 20.6 Å². The Balaban J connectivity index is 0.000000125. The van der Waals surface area contributed by atoms with E-state index in [1.54, 1.807) is 72.9 Å². The lowest BCUT2D eigenvalue weighted by Crippen LogP contribution is -2.18. The number of hydrogen-bond acceptors (Lipinski definition) is 12. The molecule has 0 amide bonds. The van der Waals surface area contributed by atoms with Crippen molar-refractivity contribution in [1.82, 2.24) is 54.0 Å². The zero-order valence-corrected chi connectivity index (χ0v) is 62.3. The largest absolute Gasteiger partial charge is 0.478 e. The lowest BCUT2D eigenvalue weighted by Gasteiger charge is -2.26. The van der Waals surface area contributed by atoms with Crippen molar-refractivity contribution in [3.63, 3.8) is 0 Å². The van der Waals surface area contributed by atoms with Crippen LogP contribution in [0.4, 0.5) is 18.9 Å². The summed E-state index contributed by atoms with van der Waals surface area (Å²) in [6.07, 6.45) is 7.76. The molecule has 3 saturated heterocycles. The van der Waals surface area contributed by atoms with E-state index in [0.29, 0.717) is 45.2 Å². The number of aryl methyl sites for hydroxylation is 3. The number of sulfone groups is 1. The Kier molecular flexibility index (Phi) is 19.4. The Morgan fingerprint density at radius 1 is 0.500 bits per heavy atom. The van der Waals surface area contributed by atoms with E-state index >= 15 is 0 Å². The third kappa shape index (κ3) is 13.5. The first kappa shape index (κ1) is 72.6. The van der Waals surface area contributed by atoms with Crippen LogP contribution in [0.3, 0.4) is 0 Å². The average Bonchev–Trinajstić information content (AvgIpc) is 1.58. The minimum absolute atomic E-state index is 0.0338. The van der Waals surface area contributed by atoms with E-state index in [1.165, 1.54) is 49.5 Å². The first-order valence-corrected chi connectivity index (χ1v) is 39.6. The predicted molar refractivity (Wildman–Crippen MR) is 418 cm³/mol. The minimum atomic E-state index is -3.56. The van der Waals surface area contributed by atoms with E-state index < -0.39 is 25.8 Å². The molecule has 0 radical (unpaired) electrons. The van der Waals surface area contributed by atoms with Crippen molar-refractivity contribution in [2.75, 3.05) is 52.9 Å². The molecule has 10 heterocycles. The van der Waals surface area contributed by atoms with Crippen molar-refractivity contribution in [2.45, 2.75) is 87.0 Å². The van der Waals surface area contributed by atoms with Crippen LogP contribution in [-0.4, -0.2) is 130 Å². The highest BCUT2D eigenvalue weighted by atomic mass is 32.2. The highest BCUT2D eigenvalue weighted by Crippen LogP contribution is 2.50. The minimum Gasteiger partial charge on any atom is -0.478 e. The summed E-state index contributed by atoms with van der Waals surface area (Å²) in [7, 11) is -5.58. The molecule has 3 aliphatic heterocycles. The number of nitrogens with one attached hydrogen (secondary N) is 4. The molecule has 3 aliphatic rings. The number of carboxylic acid groups (broad SMARTS) is 1. The van der Waals surface area contributed by atoms with E-state index in [0.717, 1.165) is 189 Å². The van der Waals surface area contributed by atoms with Crippen molar-refractivity contribution in [3.8, 4) is 50.4 Å². The number of carbonyl (C=O) groups is 1. The number of aromatic nitrogens is 10. The molecule has 0 spiro atoms. The van der Waals surface area contributed by atoms with Gasteiger partial charge in [-0.05, 0) is 223 Å². The maximum absolute atomic E-state index is 13.9. The van der Waals surface area contributed by atoms with E-state index in [9.17, 15) is 39.9 Å². The van der Waals surface area contributed by atoms with Crippen LogP contribution in [-0.2, 0) is 34.1 Å². The van der Waals surface area contributed by atoms with Gasteiger partial charge in [0.05, 0.1) is 44.6 Å². The zero-order chi connectivity index (χ0) is 76.4. The van der Waals surface area contributed by atoms with E-state index in [2.05, 4.69) is 89.2 Å². The Hall–Kier alpha value is -11.6. The number of halogens is 3. The van der Waals surface area contributed by atoms with Crippen LogP contribution in [0.2, 0.25) is 0 Å². The monoisotopic (exact) mass is 1520 g/mol. The number of pyridine rings is 1. The van der Waals surface area contributed by atoms with Crippen molar-refractivity contribution in [3.05, 3.63) is 239 Å². The lowest BCUT2D eigenvalue weighted by atomic mass is 9.89.